The van der Waals surface area contributed by atoms with Gasteiger partial charge in [-0.15, -0.1) is 0 Å². The van der Waals surface area contributed by atoms with Crippen LogP contribution < -0.4 is 0 Å². The molecule has 0 aromatic carbocycles. The zero-order valence-electron chi connectivity index (χ0n) is 8.78. The molecule has 1 aliphatic rings. The van der Waals surface area contributed by atoms with E-state index in [1.54, 1.807) is 0 Å². The van der Waals surface area contributed by atoms with Crippen LogP contribution in [-0.4, -0.2) is 5.71 Å². The summed E-state index contributed by atoms with van der Waals surface area (Å²) in [5.74, 6) is 0. The van der Waals surface area contributed by atoms with E-state index < -0.39 is 0 Å². The number of hydrogen-bond donors (Lipinski definition) is 1. The van der Waals surface area contributed by atoms with Gasteiger partial charge in [0.15, 0.2) is 0 Å². The summed E-state index contributed by atoms with van der Waals surface area (Å²) in [6, 6.07) is 0. The molecule has 0 amide bonds. The molecule has 0 aromatic rings. The van der Waals surface area contributed by atoms with E-state index in [1.165, 1.54) is 57.8 Å². The van der Waals surface area contributed by atoms with Crippen LogP contribution in [0.3, 0.4) is 0 Å². The van der Waals surface area contributed by atoms with Gasteiger partial charge in [0, 0.05) is 5.71 Å². The van der Waals surface area contributed by atoms with E-state index in [0.717, 1.165) is 18.6 Å². The van der Waals surface area contributed by atoms with Crippen molar-refractivity contribution < 1.29 is 0 Å². The molecule has 1 aliphatic carbocycles. The molecule has 0 spiro atoms. The minimum absolute atomic E-state index is 1.00. The lowest BCUT2D eigenvalue weighted by Crippen LogP contribution is -1.97. The maximum Gasteiger partial charge on any atom is 0.00891 e. The summed E-state index contributed by atoms with van der Waals surface area (Å²) in [6.45, 7) is 0. The van der Waals surface area contributed by atoms with Gasteiger partial charge in [-0.05, 0) is 25.7 Å². The van der Waals surface area contributed by atoms with Crippen LogP contribution in [0.2, 0.25) is 0 Å². The Bertz CT molecular complexity index is 126. The Hall–Kier alpha value is -0.330. The van der Waals surface area contributed by atoms with Crippen molar-refractivity contribution in [3.63, 3.8) is 0 Å². The zero-order valence-corrected chi connectivity index (χ0v) is 8.78. The topological polar surface area (TPSA) is 23.9 Å². The first-order valence-electron chi connectivity index (χ1n) is 5.96. The van der Waals surface area contributed by atoms with E-state index in [4.69, 9.17) is 5.41 Å². The van der Waals surface area contributed by atoms with Crippen LogP contribution in [0, 0.1) is 5.41 Å². The Morgan fingerprint density at radius 1 is 0.538 bits per heavy atom. The van der Waals surface area contributed by atoms with Gasteiger partial charge in [0.25, 0.3) is 0 Å². The minimum Gasteiger partial charge on any atom is -0.310 e. The summed E-state index contributed by atoms with van der Waals surface area (Å²) in [5.41, 5.74) is 1.00. The Morgan fingerprint density at radius 2 is 0.846 bits per heavy atom. The number of hydrogen-bond acceptors (Lipinski definition) is 1. The molecule has 13 heavy (non-hydrogen) atoms. The fraction of sp³-hybridized carbons (Fsp3) is 0.917. The molecule has 0 saturated heterocycles. The van der Waals surface area contributed by atoms with Crippen molar-refractivity contribution in [1.82, 2.24) is 0 Å². The van der Waals surface area contributed by atoms with Gasteiger partial charge >= 0.3 is 0 Å². The molecule has 1 fully saturated rings. The molecule has 1 nitrogen and oxygen atoms in total. The van der Waals surface area contributed by atoms with Gasteiger partial charge in [-0.1, -0.05) is 44.9 Å². The molecular weight excluding hydrogens is 158 g/mol. The third-order valence-electron chi connectivity index (χ3n) is 2.96. The van der Waals surface area contributed by atoms with Crippen LogP contribution in [-0.2, 0) is 0 Å². The molecule has 76 valence electrons. The van der Waals surface area contributed by atoms with Crippen LogP contribution in [0.1, 0.15) is 70.6 Å². The van der Waals surface area contributed by atoms with Crippen LogP contribution in [0.4, 0.5) is 0 Å². The minimum atomic E-state index is 1.00. The second-order valence-electron chi connectivity index (χ2n) is 4.29. The highest BCUT2D eigenvalue weighted by Crippen LogP contribution is 2.14. The van der Waals surface area contributed by atoms with Crippen molar-refractivity contribution in [2.45, 2.75) is 70.6 Å². The molecule has 0 radical (unpaired) electrons. The quantitative estimate of drug-likeness (QED) is 0.576. The van der Waals surface area contributed by atoms with Crippen molar-refractivity contribution in [1.29, 1.82) is 5.41 Å². The van der Waals surface area contributed by atoms with Crippen LogP contribution in [0.15, 0.2) is 0 Å². The highest BCUT2D eigenvalue weighted by atomic mass is 14.4. The summed E-state index contributed by atoms with van der Waals surface area (Å²) >= 11 is 0. The molecule has 1 rings (SSSR count). The predicted molar refractivity (Wildman–Crippen MR) is 58.5 cm³/mol. The van der Waals surface area contributed by atoms with Crippen molar-refractivity contribution in [3.05, 3.63) is 0 Å². The van der Waals surface area contributed by atoms with Gasteiger partial charge in [-0.2, -0.15) is 0 Å². The Morgan fingerprint density at radius 3 is 1.23 bits per heavy atom. The highest BCUT2D eigenvalue weighted by Gasteiger charge is 2.00. The lowest BCUT2D eigenvalue weighted by atomic mass is 10.0. The fourth-order valence-electron chi connectivity index (χ4n) is 2.04. The smallest absolute Gasteiger partial charge is 0.00891 e. The molecule has 0 heterocycles. The molecule has 0 atom stereocenters. The third-order valence-corrected chi connectivity index (χ3v) is 2.96. The van der Waals surface area contributed by atoms with Gasteiger partial charge in [-0.3, -0.25) is 0 Å². The first kappa shape index (κ1) is 10.7. The monoisotopic (exact) mass is 181 g/mol. The van der Waals surface area contributed by atoms with E-state index in [9.17, 15) is 0 Å². The van der Waals surface area contributed by atoms with Crippen molar-refractivity contribution in [3.8, 4) is 0 Å². The molecule has 0 aliphatic heterocycles. The zero-order chi connectivity index (χ0) is 9.36. The van der Waals surface area contributed by atoms with Crippen molar-refractivity contribution in [2.75, 3.05) is 0 Å². The lowest BCUT2D eigenvalue weighted by Gasteiger charge is -2.07. The summed E-state index contributed by atoms with van der Waals surface area (Å²) in [6.07, 6.45) is 14.4. The standard InChI is InChI=1S/C12H23N/c13-12-10-8-6-4-2-1-3-5-7-9-11-12/h13H,1-11H2. The van der Waals surface area contributed by atoms with E-state index in [0.29, 0.717) is 0 Å². The molecule has 1 saturated carbocycles. The van der Waals surface area contributed by atoms with E-state index >= 15 is 0 Å². The Balaban J connectivity index is 2.14. The maximum absolute atomic E-state index is 7.72. The predicted octanol–water partition coefficient (Wildman–Crippen LogP) is 4.31. The molecule has 0 bridgehead atoms. The summed E-state index contributed by atoms with van der Waals surface area (Å²) < 4.78 is 0. The van der Waals surface area contributed by atoms with E-state index in [1.807, 2.05) is 0 Å². The summed E-state index contributed by atoms with van der Waals surface area (Å²) in [7, 11) is 0. The van der Waals surface area contributed by atoms with Gasteiger partial charge in [0.2, 0.25) is 0 Å². The number of nitrogens with one attached hydrogen (secondary N) is 1. The first-order chi connectivity index (χ1) is 6.39. The third kappa shape index (κ3) is 5.84. The fourth-order valence-corrected chi connectivity index (χ4v) is 2.04. The molecular formula is C12H23N. The van der Waals surface area contributed by atoms with E-state index in [2.05, 4.69) is 0 Å². The largest absolute Gasteiger partial charge is 0.310 e. The molecule has 0 unspecified atom stereocenters. The van der Waals surface area contributed by atoms with Gasteiger partial charge in [0.05, 0.1) is 0 Å². The highest BCUT2D eigenvalue weighted by molar-refractivity contribution is 5.81. The molecule has 1 heteroatoms. The van der Waals surface area contributed by atoms with Gasteiger partial charge in [-0.25, -0.2) is 0 Å². The maximum atomic E-state index is 7.72. The average Bonchev–Trinajstić information content (AvgIpc) is 2.11. The van der Waals surface area contributed by atoms with Crippen molar-refractivity contribution >= 4 is 5.71 Å². The number of rotatable bonds is 0. The first-order valence-corrected chi connectivity index (χ1v) is 5.96. The van der Waals surface area contributed by atoms with Crippen LogP contribution >= 0.6 is 0 Å². The molecule has 1 N–H and O–H groups in total. The van der Waals surface area contributed by atoms with Crippen LogP contribution in [0.5, 0.6) is 0 Å². The Kier molecular flexibility index (Phi) is 5.88. The normalized spacial score (nSPS) is 23.2. The summed E-state index contributed by atoms with van der Waals surface area (Å²) in [4.78, 5) is 0. The molecule has 0 aromatic heterocycles. The van der Waals surface area contributed by atoms with Gasteiger partial charge < -0.3 is 5.41 Å². The van der Waals surface area contributed by atoms with Gasteiger partial charge in [0.1, 0.15) is 0 Å². The lowest BCUT2D eigenvalue weighted by molar-refractivity contribution is 0.555. The SMILES string of the molecule is N=C1CCCCCCCCCCC1. The summed E-state index contributed by atoms with van der Waals surface area (Å²) in [5, 5.41) is 7.72. The van der Waals surface area contributed by atoms with Crippen molar-refractivity contribution in [2.24, 2.45) is 0 Å². The second-order valence-corrected chi connectivity index (χ2v) is 4.29. The van der Waals surface area contributed by atoms with Crippen LogP contribution in [0.25, 0.3) is 0 Å². The van der Waals surface area contributed by atoms with E-state index in [-0.39, 0.29) is 0 Å². The average molecular weight is 181 g/mol. The second kappa shape index (κ2) is 7.11. The Labute approximate surface area is 82.4 Å².